The lowest BCUT2D eigenvalue weighted by Crippen LogP contribution is -2.50. The number of carboxylic acid groups (broad SMARTS) is 1. The third kappa shape index (κ3) is 3.22. The number of carbonyl (C=O) groups excluding carboxylic acids is 1. The van der Waals surface area contributed by atoms with Gasteiger partial charge in [-0.2, -0.15) is 5.10 Å². The van der Waals surface area contributed by atoms with E-state index < -0.39 is 17.4 Å². The Morgan fingerprint density at radius 2 is 1.96 bits per heavy atom. The van der Waals surface area contributed by atoms with E-state index in [9.17, 15) is 14.7 Å². The average Bonchev–Trinajstić information content (AvgIpc) is 2.87. The molecular formula is C16H18ClN3O3. The number of aromatic nitrogens is 2. The first-order chi connectivity index (χ1) is 10.6. The van der Waals surface area contributed by atoms with Crippen molar-refractivity contribution < 1.29 is 14.7 Å². The fraction of sp³-hybridized carbons (Fsp3) is 0.312. The number of likely N-dealkylation sites (N-methyl/N-ethyl adjacent to an activating group) is 1. The largest absolute Gasteiger partial charge is 0.480 e. The number of hydrogen-bond donors (Lipinski definition) is 1. The van der Waals surface area contributed by atoms with Gasteiger partial charge in [-0.05, 0) is 45.0 Å². The maximum absolute atomic E-state index is 12.5. The highest BCUT2D eigenvalue weighted by Gasteiger charge is 2.36. The minimum absolute atomic E-state index is 0.180. The molecule has 0 unspecified atom stereocenters. The molecule has 23 heavy (non-hydrogen) atoms. The first kappa shape index (κ1) is 17.0. The van der Waals surface area contributed by atoms with Crippen LogP contribution in [0.2, 0.25) is 5.02 Å². The van der Waals surface area contributed by atoms with E-state index >= 15 is 0 Å². The van der Waals surface area contributed by atoms with Gasteiger partial charge < -0.3 is 10.0 Å². The van der Waals surface area contributed by atoms with Gasteiger partial charge in [-0.25, -0.2) is 9.48 Å². The number of carboxylic acids is 1. The first-order valence-corrected chi connectivity index (χ1v) is 7.36. The van der Waals surface area contributed by atoms with Crippen molar-refractivity contribution in [3.63, 3.8) is 0 Å². The molecule has 0 saturated heterocycles. The van der Waals surface area contributed by atoms with Crippen LogP contribution in [0.15, 0.2) is 30.3 Å². The van der Waals surface area contributed by atoms with Gasteiger partial charge in [0.2, 0.25) is 0 Å². The first-order valence-electron chi connectivity index (χ1n) is 6.98. The molecule has 0 aliphatic heterocycles. The lowest BCUT2D eigenvalue weighted by atomic mass is 10.0. The van der Waals surface area contributed by atoms with Crippen LogP contribution >= 0.6 is 11.6 Å². The van der Waals surface area contributed by atoms with Gasteiger partial charge >= 0.3 is 5.97 Å². The molecule has 6 nitrogen and oxygen atoms in total. The fourth-order valence-corrected chi connectivity index (χ4v) is 2.20. The zero-order chi connectivity index (χ0) is 17.4. The molecule has 0 fully saturated rings. The predicted molar refractivity (Wildman–Crippen MR) is 87.1 cm³/mol. The van der Waals surface area contributed by atoms with E-state index in [1.807, 2.05) is 13.0 Å². The van der Waals surface area contributed by atoms with Gasteiger partial charge in [0.25, 0.3) is 5.91 Å². The van der Waals surface area contributed by atoms with Crippen LogP contribution in [-0.2, 0) is 4.79 Å². The molecule has 7 heteroatoms. The summed E-state index contributed by atoms with van der Waals surface area (Å²) < 4.78 is 1.60. The van der Waals surface area contributed by atoms with Gasteiger partial charge in [-0.3, -0.25) is 4.79 Å². The van der Waals surface area contributed by atoms with Crippen LogP contribution in [0.4, 0.5) is 0 Å². The molecule has 1 amide bonds. The number of nitrogens with zero attached hydrogens (tertiary/aromatic N) is 3. The molecule has 0 spiro atoms. The second-order valence-corrected chi connectivity index (χ2v) is 6.23. The minimum Gasteiger partial charge on any atom is -0.480 e. The van der Waals surface area contributed by atoms with Gasteiger partial charge in [0.05, 0.1) is 5.69 Å². The van der Waals surface area contributed by atoms with E-state index in [-0.39, 0.29) is 5.69 Å². The fourth-order valence-electron chi connectivity index (χ4n) is 2.02. The van der Waals surface area contributed by atoms with Crippen LogP contribution in [0, 0.1) is 6.92 Å². The van der Waals surface area contributed by atoms with E-state index in [4.69, 9.17) is 11.6 Å². The van der Waals surface area contributed by atoms with Crippen LogP contribution in [0.5, 0.6) is 0 Å². The molecule has 122 valence electrons. The molecule has 0 saturated carbocycles. The predicted octanol–water partition coefficient (Wildman–Crippen LogP) is 2.77. The molecule has 2 aromatic rings. The van der Waals surface area contributed by atoms with E-state index in [2.05, 4.69) is 5.10 Å². The number of rotatable bonds is 4. The van der Waals surface area contributed by atoms with Gasteiger partial charge in [0, 0.05) is 17.8 Å². The van der Waals surface area contributed by atoms with Crippen molar-refractivity contribution in [2.75, 3.05) is 7.05 Å². The van der Waals surface area contributed by atoms with Gasteiger partial charge in [-0.15, -0.1) is 0 Å². The normalized spacial score (nSPS) is 11.3. The van der Waals surface area contributed by atoms with Crippen molar-refractivity contribution in [3.8, 4) is 5.69 Å². The smallest absolute Gasteiger partial charge is 0.329 e. The Kier molecular flexibility index (Phi) is 4.47. The average molecular weight is 336 g/mol. The van der Waals surface area contributed by atoms with Crippen LogP contribution in [0.1, 0.15) is 30.0 Å². The standard InChI is InChI=1S/C16H18ClN3O3/c1-10-8-13(14(21)19(4)16(2,3)15(22)23)18-20(10)12-7-5-6-11(17)9-12/h5-9H,1-4H3,(H,22,23). The highest BCUT2D eigenvalue weighted by Crippen LogP contribution is 2.19. The molecule has 0 bridgehead atoms. The molecule has 1 heterocycles. The highest BCUT2D eigenvalue weighted by atomic mass is 35.5. The van der Waals surface area contributed by atoms with Crippen molar-refractivity contribution in [1.82, 2.24) is 14.7 Å². The van der Waals surface area contributed by atoms with Crippen molar-refractivity contribution in [3.05, 3.63) is 46.7 Å². The maximum Gasteiger partial charge on any atom is 0.329 e. The second kappa shape index (κ2) is 6.04. The van der Waals surface area contributed by atoms with Gasteiger partial charge in [-0.1, -0.05) is 17.7 Å². The molecule has 0 radical (unpaired) electrons. The van der Waals surface area contributed by atoms with Crippen molar-refractivity contribution in [2.24, 2.45) is 0 Å². The summed E-state index contributed by atoms with van der Waals surface area (Å²) >= 11 is 5.98. The topological polar surface area (TPSA) is 75.4 Å². The van der Waals surface area contributed by atoms with Crippen LogP contribution in [0.25, 0.3) is 5.69 Å². The Labute approximate surface area is 139 Å². The summed E-state index contributed by atoms with van der Waals surface area (Å²) in [4.78, 5) is 25.0. The summed E-state index contributed by atoms with van der Waals surface area (Å²) in [6.07, 6.45) is 0. The number of halogens is 1. The third-order valence-electron chi connectivity index (χ3n) is 3.83. The zero-order valence-corrected chi connectivity index (χ0v) is 14.1. The number of benzene rings is 1. The molecule has 0 atom stereocenters. The monoisotopic (exact) mass is 335 g/mol. The van der Waals surface area contributed by atoms with Crippen LogP contribution < -0.4 is 0 Å². The zero-order valence-electron chi connectivity index (χ0n) is 13.4. The Hall–Kier alpha value is -2.34. The van der Waals surface area contributed by atoms with E-state index in [0.717, 1.165) is 11.4 Å². The summed E-state index contributed by atoms with van der Waals surface area (Å²) in [5.74, 6) is -1.54. The molecular weight excluding hydrogens is 318 g/mol. The Balaban J connectivity index is 2.38. The second-order valence-electron chi connectivity index (χ2n) is 5.79. The Morgan fingerprint density at radius 1 is 1.30 bits per heavy atom. The van der Waals surface area contributed by atoms with Crippen molar-refractivity contribution in [2.45, 2.75) is 26.3 Å². The van der Waals surface area contributed by atoms with Crippen molar-refractivity contribution in [1.29, 1.82) is 0 Å². The Bertz CT molecular complexity index is 768. The number of carbonyl (C=O) groups is 2. The summed E-state index contributed by atoms with van der Waals surface area (Å²) in [7, 11) is 1.45. The van der Waals surface area contributed by atoms with E-state index in [0.29, 0.717) is 5.02 Å². The number of hydrogen-bond acceptors (Lipinski definition) is 3. The number of amides is 1. The maximum atomic E-state index is 12.5. The summed E-state index contributed by atoms with van der Waals surface area (Å²) in [6.45, 7) is 4.75. The molecule has 2 rings (SSSR count). The lowest BCUT2D eigenvalue weighted by Gasteiger charge is -2.30. The SMILES string of the molecule is Cc1cc(C(=O)N(C)C(C)(C)C(=O)O)nn1-c1cccc(Cl)c1. The minimum atomic E-state index is -1.33. The molecule has 0 aliphatic rings. The summed E-state index contributed by atoms with van der Waals surface area (Å²) in [6, 6.07) is 8.72. The molecule has 0 aliphatic carbocycles. The van der Waals surface area contributed by atoms with E-state index in [1.54, 1.807) is 28.9 Å². The summed E-state index contributed by atoms with van der Waals surface area (Å²) in [5, 5.41) is 14.1. The summed E-state index contributed by atoms with van der Waals surface area (Å²) in [5.41, 5.74) is 0.329. The van der Waals surface area contributed by atoms with Gasteiger partial charge in [0.1, 0.15) is 5.54 Å². The quantitative estimate of drug-likeness (QED) is 0.932. The van der Waals surface area contributed by atoms with Crippen LogP contribution in [-0.4, -0.2) is 44.3 Å². The highest BCUT2D eigenvalue weighted by molar-refractivity contribution is 6.30. The third-order valence-corrected chi connectivity index (χ3v) is 4.06. The van der Waals surface area contributed by atoms with Crippen molar-refractivity contribution >= 4 is 23.5 Å². The molecule has 1 N–H and O–H groups in total. The number of aryl methyl sites for hydroxylation is 1. The molecule has 1 aromatic heterocycles. The molecule has 1 aromatic carbocycles. The van der Waals surface area contributed by atoms with E-state index in [1.165, 1.54) is 25.8 Å². The lowest BCUT2D eigenvalue weighted by molar-refractivity contribution is -0.147. The number of aliphatic carboxylic acids is 1. The van der Waals surface area contributed by atoms with Gasteiger partial charge in [0.15, 0.2) is 5.69 Å². The Morgan fingerprint density at radius 3 is 2.52 bits per heavy atom. The van der Waals surface area contributed by atoms with Crippen LogP contribution in [0.3, 0.4) is 0 Å².